The molecule has 0 aromatic heterocycles. The fourth-order valence-corrected chi connectivity index (χ4v) is 2.02. The minimum absolute atomic E-state index is 0.228. The number of rotatable bonds is 4. The topological polar surface area (TPSA) is 66.8 Å². The van der Waals surface area contributed by atoms with Gasteiger partial charge in [0.2, 0.25) is 6.17 Å². The Morgan fingerprint density at radius 1 is 1.21 bits per heavy atom. The summed E-state index contributed by atoms with van der Waals surface area (Å²) in [6.07, 6.45) is -4.08. The quantitative estimate of drug-likeness (QED) is 0.889. The van der Waals surface area contributed by atoms with E-state index in [4.69, 9.17) is 9.84 Å². The molecule has 0 fully saturated rings. The number of aliphatic hydroxyl groups is 1. The van der Waals surface area contributed by atoms with Crippen LogP contribution in [-0.2, 0) is 4.79 Å². The van der Waals surface area contributed by atoms with Gasteiger partial charge in [-0.3, -0.25) is 0 Å². The molecule has 0 bridgehead atoms. The average Bonchev–Trinajstić information content (AvgIpc) is 2.44. The highest BCUT2D eigenvalue weighted by atomic mass is 19.1. The lowest BCUT2D eigenvalue weighted by Gasteiger charge is -2.16. The van der Waals surface area contributed by atoms with Crippen molar-refractivity contribution in [2.24, 2.45) is 0 Å². The van der Waals surface area contributed by atoms with Gasteiger partial charge >= 0.3 is 5.97 Å². The van der Waals surface area contributed by atoms with Gasteiger partial charge in [-0.25, -0.2) is 9.18 Å². The van der Waals surface area contributed by atoms with Crippen LogP contribution in [0.4, 0.5) is 4.39 Å². The van der Waals surface area contributed by atoms with Crippen LogP contribution in [0.5, 0.6) is 5.75 Å². The van der Waals surface area contributed by atoms with Gasteiger partial charge < -0.3 is 14.9 Å². The van der Waals surface area contributed by atoms with Crippen molar-refractivity contribution in [3.05, 3.63) is 42.0 Å². The van der Waals surface area contributed by atoms with Crippen LogP contribution in [0.15, 0.2) is 36.4 Å². The Balaban J connectivity index is 2.59. The summed E-state index contributed by atoms with van der Waals surface area (Å²) >= 11 is 0. The first kappa shape index (κ1) is 13.3. The van der Waals surface area contributed by atoms with Crippen molar-refractivity contribution >= 4 is 16.7 Å². The first-order chi connectivity index (χ1) is 9.06. The van der Waals surface area contributed by atoms with Gasteiger partial charge in [-0.15, -0.1) is 0 Å². The van der Waals surface area contributed by atoms with E-state index in [2.05, 4.69) is 0 Å². The van der Waals surface area contributed by atoms with Crippen LogP contribution in [0.3, 0.4) is 0 Å². The standard InChI is InChI=1S/C14H13FO4/c1-19-11-7-6-10(13(16)12(15)14(17)18)8-4-2-3-5-9(8)11/h2-7,12-13,16H,1H3,(H,17,18). The number of alkyl halides is 1. The molecule has 2 rings (SSSR count). The van der Waals surface area contributed by atoms with Crippen LogP contribution in [0.25, 0.3) is 10.8 Å². The summed E-state index contributed by atoms with van der Waals surface area (Å²) in [6.45, 7) is 0. The molecule has 0 amide bonds. The number of carboxylic acid groups (broad SMARTS) is 1. The van der Waals surface area contributed by atoms with Gasteiger partial charge in [0.25, 0.3) is 0 Å². The summed E-state index contributed by atoms with van der Waals surface area (Å²) in [5.74, 6) is -1.11. The summed E-state index contributed by atoms with van der Waals surface area (Å²) in [5, 5.41) is 19.7. The molecule has 0 spiro atoms. The maximum Gasteiger partial charge on any atom is 0.341 e. The van der Waals surface area contributed by atoms with Crippen LogP contribution in [0, 0.1) is 0 Å². The van der Waals surface area contributed by atoms with Crippen molar-refractivity contribution in [2.75, 3.05) is 7.11 Å². The van der Waals surface area contributed by atoms with Gasteiger partial charge in [-0.2, -0.15) is 0 Å². The van der Waals surface area contributed by atoms with E-state index in [1.807, 2.05) is 0 Å². The second kappa shape index (κ2) is 5.24. The van der Waals surface area contributed by atoms with Crippen molar-refractivity contribution in [1.82, 2.24) is 0 Å². The highest BCUT2D eigenvalue weighted by molar-refractivity contribution is 5.91. The Labute approximate surface area is 109 Å². The molecule has 2 atom stereocenters. The number of hydrogen-bond donors (Lipinski definition) is 2. The number of carboxylic acids is 1. The third-order valence-electron chi connectivity index (χ3n) is 2.97. The van der Waals surface area contributed by atoms with Crippen LogP contribution in [0.2, 0.25) is 0 Å². The summed E-state index contributed by atoms with van der Waals surface area (Å²) in [7, 11) is 1.51. The highest BCUT2D eigenvalue weighted by Crippen LogP contribution is 2.33. The normalized spacial score (nSPS) is 14.1. The monoisotopic (exact) mass is 264 g/mol. The predicted molar refractivity (Wildman–Crippen MR) is 68.0 cm³/mol. The second-order valence-electron chi connectivity index (χ2n) is 4.09. The molecule has 2 unspecified atom stereocenters. The Morgan fingerprint density at radius 3 is 2.42 bits per heavy atom. The number of halogens is 1. The van der Waals surface area contributed by atoms with Crippen LogP contribution in [-0.4, -0.2) is 29.5 Å². The summed E-state index contributed by atoms with van der Waals surface area (Å²) in [4.78, 5) is 10.6. The Morgan fingerprint density at radius 2 is 1.84 bits per heavy atom. The Bertz CT molecular complexity index is 611. The third-order valence-corrected chi connectivity index (χ3v) is 2.97. The van der Waals surface area contributed by atoms with E-state index >= 15 is 0 Å². The maximum absolute atomic E-state index is 13.4. The molecular weight excluding hydrogens is 251 g/mol. The highest BCUT2D eigenvalue weighted by Gasteiger charge is 2.28. The summed E-state index contributed by atoms with van der Waals surface area (Å²) in [5.41, 5.74) is 0.228. The molecule has 0 heterocycles. The molecule has 2 aromatic carbocycles. The lowest BCUT2D eigenvalue weighted by molar-refractivity contribution is -0.147. The Hall–Kier alpha value is -2.14. The first-order valence-electron chi connectivity index (χ1n) is 5.67. The molecule has 2 aromatic rings. The summed E-state index contributed by atoms with van der Waals surface area (Å²) in [6, 6.07) is 10.0. The van der Waals surface area contributed by atoms with Crippen LogP contribution >= 0.6 is 0 Å². The van der Waals surface area contributed by atoms with E-state index in [-0.39, 0.29) is 5.56 Å². The molecule has 0 aliphatic heterocycles. The second-order valence-corrected chi connectivity index (χ2v) is 4.09. The number of hydrogen-bond acceptors (Lipinski definition) is 3. The lowest BCUT2D eigenvalue weighted by Crippen LogP contribution is -2.23. The SMILES string of the molecule is COc1ccc(C(O)C(F)C(=O)O)c2ccccc12. The molecule has 0 aliphatic rings. The first-order valence-corrected chi connectivity index (χ1v) is 5.67. The number of aliphatic hydroxyl groups excluding tert-OH is 1. The zero-order valence-electron chi connectivity index (χ0n) is 10.2. The zero-order valence-corrected chi connectivity index (χ0v) is 10.2. The van der Waals surface area contributed by atoms with E-state index < -0.39 is 18.2 Å². The number of carbonyl (C=O) groups is 1. The van der Waals surface area contributed by atoms with Crippen LogP contribution in [0.1, 0.15) is 11.7 Å². The van der Waals surface area contributed by atoms with E-state index in [1.165, 1.54) is 13.2 Å². The van der Waals surface area contributed by atoms with E-state index in [1.54, 1.807) is 30.3 Å². The van der Waals surface area contributed by atoms with Gasteiger partial charge in [0.15, 0.2) is 0 Å². The Kier molecular flexibility index (Phi) is 3.66. The largest absolute Gasteiger partial charge is 0.496 e. The van der Waals surface area contributed by atoms with Crippen LogP contribution < -0.4 is 4.74 Å². The average molecular weight is 264 g/mol. The van der Waals surface area contributed by atoms with E-state index in [0.29, 0.717) is 16.5 Å². The molecule has 4 nitrogen and oxygen atoms in total. The van der Waals surface area contributed by atoms with Gasteiger partial charge in [-0.1, -0.05) is 30.3 Å². The zero-order chi connectivity index (χ0) is 14.0. The number of fused-ring (bicyclic) bond motifs is 1. The van der Waals surface area contributed by atoms with Crippen molar-refractivity contribution in [2.45, 2.75) is 12.3 Å². The van der Waals surface area contributed by atoms with E-state index in [9.17, 15) is 14.3 Å². The van der Waals surface area contributed by atoms with Crippen molar-refractivity contribution in [3.63, 3.8) is 0 Å². The number of methoxy groups -OCH3 is 1. The number of benzene rings is 2. The van der Waals surface area contributed by atoms with Gasteiger partial charge in [0, 0.05) is 5.39 Å². The lowest BCUT2D eigenvalue weighted by atomic mass is 9.97. The van der Waals surface area contributed by atoms with Gasteiger partial charge in [0.05, 0.1) is 7.11 Å². The fraction of sp³-hybridized carbons (Fsp3) is 0.214. The minimum atomic E-state index is -2.36. The summed E-state index contributed by atoms with van der Waals surface area (Å²) < 4.78 is 18.6. The fourth-order valence-electron chi connectivity index (χ4n) is 2.02. The third kappa shape index (κ3) is 2.37. The molecule has 19 heavy (non-hydrogen) atoms. The minimum Gasteiger partial charge on any atom is -0.496 e. The maximum atomic E-state index is 13.4. The molecule has 0 aliphatic carbocycles. The van der Waals surface area contributed by atoms with Crippen molar-refractivity contribution < 1.29 is 24.1 Å². The predicted octanol–water partition coefficient (Wildman–Crippen LogP) is 2.30. The molecule has 2 N–H and O–H groups in total. The molecule has 0 radical (unpaired) electrons. The molecule has 5 heteroatoms. The molecular formula is C14H13FO4. The molecule has 100 valence electrons. The van der Waals surface area contributed by atoms with Crippen molar-refractivity contribution in [3.8, 4) is 5.75 Å². The van der Waals surface area contributed by atoms with E-state index in [0.717, 1.165) is 0 Å². The van der Waals surface area contributed by atoms with Gasteiger partial charge in [0.1, 0.15) is 11.9 Å². The smallest absolute Gasteiger partial charge is 0.341 e. The van der Waals surface area contributed by atoms with Crippen molar-refractivity contribution in [1.29, 1.82) is 0 Å². The number of ether oxygens (including phenoxy) is 1. The van der Waals surface area contributed by atoms with Gasteiger partial charge in [-0.05, 0) is 17.0 Å². The number of aliphatic carboxylic acids is 1. The molecule has 0 saturated heterocycles. The molecule has 0 saturated carbocycles.